The molecule has 180 valence electrons. The molecular formula is C34H22FN3. The van der Waals surface area contributed by atoms with E-state index in [-0.39, 0.29) is 11.4 Å². The molecule has 0 N–H and O–H groups in total. The van der Waals surface area contributed by atoms with Crippen LogP contribution < -0.4 is 0 Å². The highest BCUT2D eigenvalue weighted by molar-refractivity contribution is 6.09. The summed E-state index contributed by atoms with van der Waals surface area (Å²) >= 11 is 0. The van der Waals surface area contributed by atoms with Crippen LogP contribution in [0.3, 0.4) is 0 Å². The fourth-order valence-electron chi connectivity index (χ4n) is 5.14. The Hall–Kier alpha value is -5.09. The third-order valence-corrected chi connectivity index (χ3v) is 6.89. The molecule has 0 unspecified atom stereocenters. The summed E-state index contributed by atoms with van der Waals surface area (Å²) in [6, 6.07) is 43.9. The lowest BCUT2D eigenvalue weighted by molar-refractivity contribution is 0.623. The first kappa shape index (κ1) is 22.1. The third-order valence-electron chi connectivity index (χ3n) is 6.89. The number of nitrogens with zero attached hydrogens (tertiary/aromatic N) is 3. The van der Waals surface area contributed by atoms with Gasteiger partial charge < -0.3 is 4.57 Å². The Morgan fingerprint density at radius 1 is 0.474 bits per heavy atom. The Morgan fingerprint density at radius 2 is 0.947 bits per heavy atom. The lowest BCUT2D eigenvalue weighted by Gasteiger charge is -2.13. The normalized spacial score (nSPS) is 11.3. The maximum atomic E-state index is 15.9. The van der Waals surface area contributed by atoms with Gasteiger partial charge in [0.1, 0.15) is 11.4 Å². The number of aromatic nitrogens is 3. The van der Waals surface area contributed by atoms with Crippen molar-refractivity contribution in [3.63, 3.8) is 0 Å². The monoisotopic (exact) mass is 491 g/mol. The van der Waals surface area contributed by atoms with Crippen molar-refractivity contribution in [2.75, 3.05) is 0 Å². The van der Waals surface area contributed by atoms with E-state index in [4.69, 9.17) is 9.97 Å². The lowest BCUT2D eigenvalue weighted by Crippen LogP contribution is -2.02. The van der Waals surface area contributed by atoms with Gasteiger partial charge >= 0.3 is 0 Å². The van der Waals surface area contributed by atoms with E-state index in [0.717, 1.165) is 22.3 Å². The second-order valence-electron chi connectivity index (χ2n) is 9.21. The van der Waals surface area contributed by atoms with Crippen molar-refractivity contribution in [1.82, 2.24) is 14.5 Å². The maximum Gasteiger partial charge on any atom is 0.175 e. The zero-order valence-electron chi connectivity index (χ0n) is 20.4. The SMILES string of the molecule is Fc1c(-c2ccccc2)nc(-c2cccc(-n3c4ccccc4c4ccccc43)c2)nc1-c1ccccc1. The molecule has 0 aliphatic rings. The lowest BCUT2D eigenvalue weighted by atomic mass is 10.1. The van der Waals surface area contributed by atoms with E-state index in [1.807, 2.05) is 72.8 Å². The second kappa shape index (κ2) is 9.09. The Morgan fingerprint density at radius 3 is 1.50 bits per heavy atom. The highest BCUT2D eigenvalue weighted by atomic mass is 19.1. The van der Waals surface area contributed by atoms with Crippen LogP contribution in [-0.2, 0) is 0 Å². The molecule has 0 amide bonds. The molecule has 7 aromatic rings. The number of para-hydroxylation sites is 2. The fourth-order valence-corrected chi connectivity index (χ4v) is 5.14. The molecule has 0 saturated carbocycles. The zero-order chi connectivity index (χ0) is 25.5. The van der Waals surface area contributed by atoms with Crippen LogP contribution in [0.15, 0.2) is 133 Å². The van der Waals surface area contributed by atoms with Gasteiger partial charge in [0, 0.05) is 33.2 Å². The van der Waals surface area contributed by atoms with Crippen molar-refractivity contribution in [3.8, 4) is 39.6 Å². The summed E-state index contributed by atoms with van der Waals surface area (Å²) in [5.74, 6) is 0.0522. The predicted molar refractivity (Wildman–Crippen MR) is 153 cm³/mol. The van der Waals surface area contributed by atoms with E-state index < -0.39 is 5.82 Å². The number of rotatable bonds is 4. The molecule has 0 bridgehead atoms. The van der Waals surface area contributed by atoms with Crippen LogP contribution in [-0.4, -0.2) is 14.5 Å². The molecule has 3 nitrogen and oxygen atoms in total. The van der Waals surface area contributed by atoms with Gasteiger partial charge in [-0.3, -0.25) is 0 Å². The molecule has 0 atom stereocenters. The van der Waals surface area contributed by atoms with Crippen LogP contribution in [0.5, 0.6) is 0 Å². The third kappa shape index (κ3) is 3.66. The van der Waals surface area contributed by atoms with Crippen molar-refractivity contribution < 1.29 is 4.39 Å². The molecule has 0 fully saturated rings. The molecule has 0 spiro atoms. The van der Waals surface area contributed by atoms with Gasteiger partial charge in [-0.2, -0.15) is 0 Å². The minimum Gasteiger partial charge on any atom is -0.309 e. The van der Waals surface area contributed by atoms with E-state index in [2.05, 4.69) is 65.2 Å². The minimum absolute atomic E-state index is 0.289. The van der Waals surface area contributed by atoms with Crippen molar-refractivity contribution in [2.24, 2.45) is 0 Å². The van der Waals surface area contributed by atoms with Gasteiger partial charge in [0.15, 0.2) is 11.6 Å². The van der Waals surface area contributed by atoms with Crippen LogP contribution in [0.1, 0.15) is 0 Å². The average molecular weight is 492 g/mol. The number of hydrogen-bond donors (Lipinski definition) is 0. The topological polar surface area (TPSA) is 30.7 Å². The molecule has 0 saturated heterocycles. The first-order chi connectivity index (χ1) is 18.8. The van der Waals surface area contributed by atoms with Gasteiger partial charge in [-0.1, -0.05) is 109 Å². The van der Waals surface area contributed by atoms with Gasteiger partial charge in [-0.05, 0) is 24.3 Å². The second-order valence-corrected chi connectivity index (χ2v) is 9.21. The standard InChI is InChI=1S/C34H22FN3/c35-31-32(23-12-3-1-4-13-23)36-34(37-33(31)24-14-5-2-6-15-24)25-16-11-17-26(22-25)38-29-20-9-7-18-27(29)28-19-8-10-21-30(28)38/h1-22H. The summed E-state index contributed by atoms with van der Waals surface area (Å²) in [4.78, 5) is 9.50. The summed E-state index contributed by atoms with van der Waals surface area (Å²) in [5, 5.41) is 2.40. The van der Waals surface area contributed by atoms with Crippen LogP contribution in [0.4, 0.5) is 4.39 Å². The van der Waals surface area contributed by atoms with Crippen LogP contribution >= 0.6 is 0 Å². The first-order valence-corrected chi connectivity index (χ1v) is 12.6. The molecule has 4 heteroatoms. The van der Waals surface area contributed by atoms with Crippen LogP contribution in [0.25, 0.3) is 61.4 Å². The molecule has 7 rings (SSSR count). The molecule has 38 heavy (non-hydrogen) atoms. The maximum absolute atomic E-state index is 15.9. The van der Waals surface area contributed by atoms with E-state index in [1.165, 1.54) is 10.8 Å². The summed E-state index contributed by atoms with van der Waals surface area (Å²) in [7, 11) is 0. The summed E-state index contributed by atoms with van der Waals surface area (Å²) in [6.45, 7) is 0. The van der Waals surface area contributed by atoms with Crippen molar-refractivity contribution >= 4 is 21.8 Å². The average Bonchev–Trinajstić information content (AvgIpc) is 3.33. The van der Waals surface area contributed by atoms with E-state index in [9.17, 15) is 0 Å². The van der Waals surface area contributed by atoms with Gasteiger partial charge in [0.25, 0.3) is 0 Å². The molecule has 5 aromatic carbocycles. The number of halogens is 1. The van der Waals surface area contributed by atoms with Gasteiger partial charge in [-0.25, -0.2) is 14.4 Å². The summed E-state index contributed by atoms with van der Waals surface area (Å²) in [6.07, 6.45) is 0. The van der Waals surface area contributed by atoms with Crippen LogP contribution in [0, 0.1) is 5.82 Å². The summed E-state index contributed by atoms with van der Waals surface area (Å²) < 4.78 is 18.1. The van der Waals surface area contributed by atoms with Crippen molar-refractivity contribution in [2.45, 2.75) is 0 Å². The Labute approximate surface area is 219 Å². The predicted octanol–water partition coefficient (Wildman–Crippen LogP) is 8.71. The van der Waals surface area contributed by atoms with Crippen LogP contribution in [0.2, 0.25) is 0 Å². The Balaban J connectivity index is 1.46. The van der Waals surface area contributed by atoms with E-state index in [0.29, 0.717) is 17.0 Å². The smallest absolute Gasteiger partial charge is 0.175 e. The Bertz CT molecular complexity index is 1810. The highest BCUT2D eigenvalue weighted by Gasteiger charge is 2.19. The summed E-state index contributed by atoms with van der Waals surface area (Å²) in [5.41, 5.74) is 6.07. The Kier molecular flexibility index (Phi) is 5.30. The van der Waals surface area contributed by atoms with Gasteiger partial charge in [0.2, 0.25) is 0 Å². The molecule has 0 radical (unpaired) electrons. The quantitative estimate of drug-likeness (QED) is 0.246. The zero-order valence-corrected chi connectivity index (χ0v) is 20.4. The fraction of sp³-hybridized carbons (Fsp3) is 0. The van der Waals surface area contributed by atoms with Gasteiger partial charge in [0.05, 0.1) is 11.0 Å². The largest absolute Gasteiger partial charge is 0.309 e. The molecule has 0 aliphatic heterocycles. The number of hydrogen-bond acceptors (Lipinski definition) is 2. The van der Waals surface area contributed by atoms with E-state index in [1.54, 1.807) is 0 Å². The first-order valence-electron chi connectivity index (χ1n) is 12.6. The van der Waals surface area contributed by atoms with Gasteiger partial charge in [-0.15, -0.1) is 0 Å². The van der Waals surface area contributed by atoms with Crippen molar-refractivity contribution in [3.05, 3.63) is 139 Å². The number of benzene rings is 5. The highest BCUT2D eigenvalue weighted by Crippen LogP contribution is 2.34. The van der Waals surface area contributed by atoms with Crippen molar-refractivity contribution in [1.29, 1.82) is 0 Å². The number of fused-ring (bicyclic) bond motifs is 3. The molecule has 2 heterocycles. The molecule has 2 aromatic heterocycles. The molecule has 0 aliphatic carbocycles. The van der Waals surface area contributed by atoms with E-state index >= 15 is 4.39 Å². The molecular weight excluding hydrogens is 469 g/mol. The minimum atomic E-state index is -0.426.